The maximum atomic E-state index is 13.2. The summed E-state index contributed by atoms with van der Waals surface area (Å²) in [5, 5.41) is 0. The molecule has 146 valence electrons. The summed E-state index contributed by atoms with van der Waals surface area (Å²) in [5.41, 5.74) is 2.05. The molecule has 0 bridgehead atoms. The van der Waals surface area contributed by atoms with Crippen molar-refractivity contribution in [1.29, 1.82) is 0 Å². The Morgan fingerprint density at radius 2 is 1.79 bits per heavy atom. The second-order valence-electron chi connectivity index (χ2n) is 6.94. The van der Waals surface area contributed by atoms with Gasteiger partial charge in [0.2, 0.25) is 5.89 Å². The van der Waals surface area contributed by atoms with E-state index in [-0.39, 0.29) is 5.82 Å². The summed E-state index contributed by atoms with van der Waals surface area (Å²) in [6, 6.07) is 14.5. The summed E-state index contributed by atoms with van der Waals surface area (Å²) in [4.78, 5) is 9.11. The van der Waals surface area contributed by atoms with Gasteiger partial charge >= 0.3 is 0 Å². The lowest BCUT2D eigenvalue weighted by Gasteiger charge is -2.23. The van der Waals surface area contributed by atoms with Crippen molar-refractivity contribution in [2.45, 2.75) is 13.0 Å². The number of methoxy groups -OCH3 is 1. The average molecular weight is 381 g/mol. The van der Waals surface area contributed by atoms with E-state index in [0.717, 1.165) is 61.3 Å². The molecule has 3 aromatic rings. The molecule has 0 radical (unpaired) electrons. The van der Waals surface area contributed by atoms with Gasteiger partial charge in [0, 0.05) is 37.4 Å². The number of aromatic nitrogens is 1. The molecule has 1 fully saturated rings. The fourth-order valence-electron chi connectivity index (χ4n) is 3.50. The fraction of sp³-hybridized carbons (Fsp3) is 0.318. The SMILES string of the molecule is COc1ccc(-c2cnc(CN3CCCN(c4ccc(F)cc4)CC3)o2)cc1. The normalized spacial score (nSPS) is 15.4. The minimum atomic E-state index is -0.197. The van der Waals surface area contributed by atoms with Crippen molar-refractivity contribution < 1.29 is 13.5 Å². The van der Waals surface area contributed by atoms with Crippen molar-refractivity contribution in [3.8, 4) is 17.1 Å². The highest BCUT2D eigenvalue weighted by atomic mass is 19.1. The standard InChI is InChI=1S/C22H24FN3O2/c1-27-20-9-3-17(4-10-20)21-15-24-22(28-21)16-25-11-2-12-26(14-13-25)19-7-5-18(23)6-8-19/h3-10,15H,2,11-14,16H2,1H3. The van der Waals surface area contributed by atoms with Crippen LogP contribution in [0.5, 0.6) is 5.75 Å². The first kappa shape index (κ1) is 18.5. The molecule has 28 heavy (non-hydrogen) atoms. The molecular weight excluding hydrogens is 357 g/mol. The van der Waals surface area contributed by atoms with Gasteiger partial charge in [0.1, 0.15) is 11.6 Å². The van der Waals surface area contributed by atoms with E-state index in [1.165, 1.54) is 12.1 Å². The molecule has 0 unspecified atom stereocenters. The maximum absolute atomic E-state index is 13.2. The lowest BCUT2D eigenvalue weighted by atomic mass is 10.2. The first-order valence-corrected chi connectivity index (χ1v) is 9.53. The van der Waals surface area contributed by atoms with E-state index in [0.29, 0.717) is 6.54 Å². The maximum Gasteiger partial charge on any atom is 0.209 e. The van der Waals surface area contributed by atoms with E-state index in [4.69, 9.17) is 9.15 Å². The fourth-order valence-corrected chi connectivity index (χ4v) is 3.50. The van der Waals surface area contributed by atoms with Crippen LogP contribution in [0.2, 0.25) is 0 Å². The topological polar surface area (TPSA) is 41.7 Å². The highest BCUT2D eigenvalue weighted by Gasteiger charge is 2.17. The van der Waals surface area contributed by atoms with E-state index in [2.05, 4.69) is 14.8 Å². The van der Waals surface area contributed by atoms with Crippen LogP contribution in [-0.4, -0.2) is 43.2 Å². The molecule has 0 aliphatic carbocycles. The first-order valence-electron chi connectivity index (χ1n) is 9.53. The van der Waals surface area contributed by atoms with Gasteiger partial charge in [-0.25, -0.2) is 9.37 Å². The molecule has 6 heteroatoms. The number of halogens is 1. The van der Waals surface area contributed by atoms with E-state index >= 15 is 0 Å². The Morgan fingerprint density at radius 1 is 1.00 bits per heavy atom. The summed E-state index contributed by atoms with van der Waals surface area (Å²) in [7, 11) is 1.65. The molecule has 1 aromatic heterocycles. The number of ether oxygens (including phenoxy) is 1. The zero-order valence-corrected chi connectivity index (χ0v) is 16.0. The Balaban J connectivity index is 1.37. The largest absolute Gasteiger partial charge is 0.497 e. The molecule has 1 aliphatic rings. The number of hydrogen-bond acceptors (Lipinski definition) is 5. The van der Waals surface area contributed by atoms with Crippen LogP contribution in [0.1, 0.15) is 12.3 Å². The molecule has 0 amide bonds. The molecule has 0 spiro atoms. The van der Waals surface area contributed by atoms with Crippen LogP contribution in [-0.2, 0) is 6.54 Å². The van der Waals surface area contributed by atoms with Gasteiger partial charge in [-0.1, -0.05) is 0 Å². The predicted molar refractivity (Wildman–Crippen MR) is 107 cm³/mol. The summed E-state index contributed by atoms with van der Waals surface area (Å²) < 4.78 is 24.3. The molecule has 1 saturated heterocycles. The van der Waals surface area contributed by atoms with Crippen LogP contribution >= 0.6 is 0 Å². The lowest BCUT2D eigenvalue weighted by molar-refractivity contribution is 0.256. The van der Waals surface area contributed by atoms with Crippen molar-refractivity contribution >= 4 is 5.69 Å². The van der Waals surface area contributed by atoms with E-state index in [1.54, 1.807) is 13.3 Å². The molecular formula is C22H24FN3O2. The quantitative estimate of drug-likeness (QED) is 0.663. The predicted octanol–water partition coefficient (Wildman–Crippen LogP) is 4.20. The highest BCUT2D eigenvalue weighted by molar-refractivity contribution is 5.57. The Hall–Kier alpha value is -2.86. The van der Waals surface area contributed by atoms with Crippen LogP contribution in [0.4, 0.5) is 10.1 Å². The second-order valence-corrected chi connectivity index (χ2v) is 6.94. The average Bonchev–Trinajstić information content (AvgIpc) is 3.07. The van der Waals surface area contributed by atoms with Gasteiger partial charge < -0.3 is 14.1 Å². The lowest BCUT2D eigenvalue weighted by Crippen LogP contribution is -2.30. The van der Waals surface area contributed by atoms with Gasteiger partial charge in [-0.15, -0.1) is 0 Å². The minimum Gasteiger partial charge on any atom is -0.497 e. The summed E-state index contributed by atoms with van der Waals surface area (Å²) in [5.74, 6) is 2.11. The molecule has 0 saturated carbocycles. The minimum absolute atomic E-state index is 0.197. The van der Waals surface area contributed by atoms with Crippen LogP contribution in [0, 0.1) is 5.82 Å². The van der Waals surface area contributed by atoms with Crippen molar-refractivity contribution in [2.24, 2.45) is 0 Å². The van der Waals surface area contributed by atoms with Crippen LogP contribution < -0.4 is 9.64 Å². The Morgan fingerprint density at radius 3 is 2.54 bits per heavy atom. The molecule has 4 rings (SSSR count). The van der Waals surface area contributed by atoms with Gasteiger partial charge in [-0.2, -0.15) is 0 Å². The van der Waals surface area contributed by atoms with E-state index in [9.17, 15) is 4.39 Å². The monoisotopic (exact) mass is 381 g/mol. The molecule has 2 heterocycles. The summed E-state index contributed by atoms with van der Waals surface area (Å²) >= 11 is 0. The van der Waals surface area contributed by atoms with Gasteiger partial charge in [0.05, 0.1) is 19.9 Å². The third-order valence-electron chi connectivity index (χ3n) is 5.07. The third kappa shape index (κ3) is 4.34. The number of nitrogens with zero attached hydrogens (tertiary/aromatic N) is 3. The van der Waals surface area contributed by atoms with Crippen LogP contribution in [0.15, 0.2) is 59.1 Å². The van der Waals surface area contributed by atoms with Crippen molar-refractivity contribution in [3.05, 3.63) is 66.4 Å². The number of anilines is 1. The number of benzene rings is 2. The Bertz CT molecular complexity index is 893. The summed E-state index contributed by atoms with van der Waals surface area (Å²) in [6.45, 7) is 4.45. The molecule has 2 aromatic carbocycles. The first-order chi connectivity index (χ1) is 13.7. The van der Waals surface area contributed by atoms with Crippen molar-refractivity contribution in [1.82, 2.24) is 9.88 Å². The smallest absolute Gasteiger partial charge is 0.209 e. The molecule has 1 aliphatic heterocycles. The number of rotatable bonds is 5. The molecule has 5 nitrogen and oxygen atoms in total. The van der Waals surface area contributed by atoms with Crippen molar-refractivity contribution in [2.75, 3.05) is 38.2 Å². The Kier molecular flexibility index (Phi) is 5.58. The zero-order chi connectivity index (χ0) is 19.3. The van der Waals surface area contributed by atoms with Crippen LogP contribution in [0.3, 0.4) is 0 Å². The van der Waals surface area contributed by atoms with E-state index in [1.807, 2.05) is 36.4 Å². The Labute approximate surface area is 164 Å². The second kappa shape index (κ2) is 8.44. The zero-order valence-electron chi connectivity index (χ0n) is 16.0. The van der Waals surface area contributed by atoms with Gasteiger partial charge in [-0.05, 0) is 55.0 Å². The third-order valence-corrected chi connectivity index (χ3v) is 5.07. The van der Waals surface area contributed by atoms with E-state index < -0.39 is 0 Å². The summed E-state index contributed by atoms with van der Waals surface area (Å²) in [6.07, 6.45) is 2.82. The number of hydrogen-bond donors (Lipinski definition) is 0. The molecule has 0 N–H and O–H groups in total. The van der Waals surface area contributed by atoms with Crippen LogP contribution in [0.25, 0.3) is 11.3 Å². The van der Waals surface area contributed by atoms with Gasteiger partial charge in [-0.3, -0.25) is 4.90 Å². The highest BCUT2D eigenvalue weighted by Crippen LogP contribution is 2.24. The number of oxazole rings is 1. The van der Waals surface area contributed by atoms with Gasteiger partial charge in [0.25, 0.3) is 0 Å². The molecule has 0 atom stereocenters. The van der Waals surface area contributed by atoms with Crippen molar-refractivity contribution in [3.63, 3.8) is 0 Å². The van der Waals surface area contributed by atoms with Gasteiger partial charge in [0.15, 0.2) is 5.76 Å².